The lowest BCUT2D eigenvalue weighted by Crippen LogP contribution is -2.44. The molecule has 1 heterocycles. The van der Waals surface area contributed by atoms with Gasteiger partial charge in [0.1, 0.15) is 6.61 Å². The molecule has 0 bridgehead atoms. The smallest absolute Gasteiger partial charge is 0.307 e. The summed E-state index contributed by atoms with van der Waals surface area (Å²) in [7, 11) is 0. The maximum absolute atomic E-state index is 12.4. The van der Waals surface area contributed by atoms with Crippen LogP contribution in [-0.2, 0) is 25.7 Å². The zero-order chi connectivity index (χ0) is 21.8. The molecule has 2 atom stereocenters. The van der Waals surface area contributed by atoms with E-state index in [9.17, 15) is 14.4 Å². The fourth-order valence-corrected chi connectivity index (χ4v) is 3.20. The van der Waals surface area contributed by atoms with Crippen LogP contribution >= 0.6 is 0 Å². The van der Waals surface area contributed by atoms with E-state index in [1.54, 1.807) is 0 Å². The van der Waals surface area contributed by atoms with Crippen molar-refractivity contribution in [3.63, 3.8) is 0 Å². The van der Waals surface area contributed by atoms with Gasteiger partial charge in [0.25, 0.3) is 0 Å². The van der Waals surface area contributed by atoms with Gasteiger partial charge in [-0.25, -0.2) is 0 Å². The number of rotatable bonds is 12. The molecule has 2 unspecified atom stereocenters. The van der Waals surface area contributed by atoms with E-state index in [1.165, 1.54) is 0 Å². The molecule has 2 rings (SSSR count). The molecule has 0 spiro atoms. The molecule has 1 aromatic carbocycles. The van der Waals surface area contributed by atoms with Crippen LogP contribution in [0.5, 0.6) is 0 Å². The van der Waals surface area contributed by atoms with Crippen molar-refractivity contribution in [3.8, 4) is 0 Å². The van der Waals surface area contributed by atoms with Crippen molar-refractivity contribution < 1.29 is 20.5 Å². The summed E-state index contributed by atoms with van der Waals surface area (Å²) in [6.45, 7) is 3.12. The predicted molar refractivity (Wildman–Crippen MR) is 111 cm³/mol. The van der Waals surface area contributed by atoms with Crippen molar-refractivity contribution in [2.24, 2.45) is 0 Å². The molecular formula is C22H33N3O4. The predicted octanol–water partition coefficient (Wildman–Crippen LogP) is 2.01. The average molecular weight is 405 g/mol. The van der Waals surface area contributed by atoms with E-state index in [2.05, 4.69) is 10.6 Å². The van der Waals surface area contributed by atoms with E-state index in [0.717, 1.165) is 37.8 Å². The van der Waals surface area contributed by atoms with Crippen LogP contribution in [0.3, 0.4) is 0 Å². The third-order valence-corrected chi connectivity index (χ3v) is 4.79. The van der Waals surface area contributed by atoms with Crippen LogP contribution in [-0.4, -0.2) is 54.9 Å². The average Bonchev–Trinajstić information content (AvgIpc) is 3.23. The number of nitrogens with one attached hydrogen (secondary N) is 2. The van der Waals surface area contributed by atoms with E-state index >= 15 is 0 Å². The van der Waals surface area contributed by atoms with Gasteiger partial charge in [-0.3, -0.25) is 19.3 Å². The Bertz CT molecular complexity index is 686. The largest absolute Gasteiger partial charge is 0.461 e. The number of carbonyl (C=O) groups excluding carboxylic acids is 3. The number of nitrogens with zero attached hydrogens (tertiary/aromatic N) is 1. The van der Waals surface area contributed by atoms with E-state index in [4.69, 9.17) is 6.11 Å². The van der Waals surface area contributed by atoms with Gasteiger partial charge in [0.05, 0.1) is 12.5 Å². The first kappa shape index (κ1) is 21.3. The van der Waals surface area contributed by atoms with Gasteiger partial charge in [-0.05, 0) is 37.9 Å². The van der Waals surface area contributed by atoms with E-state index in [1.807, 2.05) is 42.2 Å². The second-order valence-corrected chi connectivity index (χ2v) is 7.15. The van der Waals surface area contributed by atoms with Crippen LogP contribution < -0.4 is 10.6 Å². The second-order valence-electron chi connectivity index (χ2n) is 7.15. The fraction of sp³-hybridized carbons (Fsp3) is 0.591. The number of esters is 1. The standard InChI is InChI=1S/C22H33N3O4/c1-2-3-15-25-16-7-10-19(25)22(28)24-13-11-20(26)23-14-12-21(27)29-17-18-8-5-4-6-9-18/h4-6,8-9,19H,2-3,7,10-17H2,1H3,(H,23,26)(H,24,28)/i15D. The molecule has 0 radical (unpaired) electrons. The Morgan fingerprint density at radius 2 is 1.93 bits per heavy atom. The maximum Gasteiger partial charge on any atom is 0.307 e. The Morgan fingerprint density at radius 3 is 2.69 bits per heavy atom. The summed E-state index contributed by atoms with van der Waals surface area (Å²) in [5.41, 5.74) is 0.915. The molecule has 1 aliphatic rings. The zero-order valence-electron chi connectivity index (χ0n) is 18.2. The minimum Gasteiger partial charge on any atom is -0.461 e. The molecule has 2 amide bonds. The highest BCUT2D eigenvalue weighted by atomic mass is 16.5. The highest BCUT2D eigenvalue weighted by molar-refractivity contribution is 5.83. The molecule has 0 aromatic heterocycles. The van der Waals surface area contributed by atoms with Crippen molar-refractivity contribution in [2.75, 3.05) is 26.2 Å². The Balaban J connectivity index is 1.57. The summed E-state index contributed by atoms with van der Waals surface area (Å²) < 4.78 is 13.3. The molecule has 29 heavy (non-hydrogen) atoms. The maximum atomic E-state index is 12.4. The minimum atomic E-state index is -0.370. The van der Waals surface area contributed by atoms with E-state index in [-0.39, 0.29) is 62.9 Å². The topological polar surface area (TPSA) is 87.7 Å². The number of likely N-dealkylation sites (tertiary alicyclic amines) is 1. The Morgan fingerprint density at radius 1 is 1.17 bits per heavy atom. The van der Waals surface area contributed by atoms with Gasteiger partial charge >= 0.3 is 5.97 Å². The molecule has 0 aliphatic carbocycles. The first-order valence-corrected chi connectivity index (χ1v) is 10.4. The lowest BCUT2D eigenvalue weighted by Gasteiger charge is -2.23. The lowest BCUT2D eigenvalue weighted by atomic mass is 10.2. The summed E-state index contributed by atoms with van der Waals surface area (Å²) in [6.07, 6.45) is 3.58. The quantitative estimate of drug-likeness (QED) is 0.521. The molecule has 7 nitrogen and oxygen atoms in total. The third kappa shape index (κ3) is 8.64. The Kier molecular flexibility index (Phi) is 9.50. The molecule has 1 saturated heterocycles. The van der Waals surface area contributed by atoms with Gasteiger partial charge < -0.3 is 15.4 Å². The van der Waals surface area contributed by atoms with Crippen LogP contribution in [0.25, 0.3) is 0 Å². The Hall–Kier alpha value is -2.41. The van der Waals surface area contributed by atoms with Crippen LogP contribution in [0.2, 0.25) is 0 Å². The molecule has 160 valence electrons. The summed E-state index contributed by atoms with van der Waals surface area (Å²) >= 11 is 0. The van der Waals surface area contributed by atoms with Gasteiger partial charge in [-0.2, -0.15) is 0 Å². The van der Waals surface area contributed by atoms with Gasteiger partial charge in [0.2, 0.25) is 11.8 Å². The first-order valence-electron chi connectivity index (χ1n) is 11.0. The highest BCUT2D eigenvalue weighted by Gasteiger charge is 2.29. The summed E-state index contributed by atoms with van der Waals surface area (Å²) in [5, 5.41) is 5.47. The van der Waals surface area contributed by atoms with E-state index < -0.39 is 0 Å². The summed E-state index contributed by atoms with van der Waals surface area (Å²) in [4.78, 5) is 38.0. The normalized spacial score (nSPS) is 18.0. The molecule has 1 fully saturated rings. The van der Waals surface area contributed by atoms with Crippen molar-refractivity contribution in [1.82, 2.24) is 15.5 Å². The SMILES string of the molecule is [2H]C(CCC)N1CCCC1C(=O)NCCC(=O)NCCC(=O)OCc1ccccc1. The molecular weight excluding hydrogens is 370 g/mol. The van der Waals surface area contributed by atoms with Gasteiger partial charge in [0, 0.05) is 20.9 Å². The monoisotopic (exact) mass is 404 g/mol. The van der Waals surface area contributed by atoms with Crippen LogP contribution in [0.15, 0.2) is 30.3 Å². The number of hydrogen-bond acceptors (Lipinski definition) is 5. The number of carbonyl (C=O) groups is 3. The van der Waals surface area contributed by atoms with Crippen molar-refractivity contribution in [2.45, 2.75) is 58.1 Å². The molecule has 1 aliphatic heterocycles. The van der Waals surface area contributed by atoms with Gasteiger partial charge in [-0.1, -0.05) is 43.7 Å². The summed E-state index contributed by atoms with van der Waals surface area (Å²) in [6, 6.07) is 9.13. The fourth-order valence-electron chi connectivity index (χ4n) is 3.20. The van der Waals surface area contributed by atoms with Crippen LogP contribution in [0, 0.1) is 0 Å². The van der Waals surface area contributed by atoms with Gasteiger partial charge in [-0.15, -0.1) is 0 Å². The summed E-state index contributed by atoms with van der Waals surface area (Å²) in [5.74, 6) is -0.706. The highest BCUT2D eigenvalue weighted by Crippen LogP contribution is 2.17. The molecule has 1 aromatic rings. The number of amides is 2. The minimum absolute atomic E-state index is 0.101. The van der Waals surface area contributed by atoms with Gasteiger partial charge in [0.15, 0.2) is 0 Å². The van der Waals surface area contributed by atoms with Crippen molar-refractivity contribution in [3.05, 3.63) is 35.9 Å². The number of benzene rings is 1. The van der Waals surface area contributed by atoms with Crippen LogP contribution in [0.1, 0.15) is 52.4 Å². The van der Waals surface area contributed by atoms with E-state index in [0.29, 0.717) is 0 Å². The molecule has 7 heteroatoms. The zero-order valence-corrected chi connectivity index (χ0v) is 17.2. The van der Waals surface area contributed by atoms with Crippen molar-refractivity contribution >= 4 is 17.8 Å². The lowest BCUT2D eigenvalue weighted by molar-refractivity contribution is -0.144. The second kappa shape index (κ2) is 12.9. The van der Waals surface area contributed by atoms with Crippen LogP contribution in [0.4, 0.5) is 0 Å². The molecule has 2 N–H and O–H groups in total. The first-order chi connectivity index (χ1) is 14.5. The third-order valence-electron chi connectivity index (χ3n) is 4.79. The molecule has 0 saturated carbocycles. The van der Waals surface area contributed by atoms with Crippen molar-refractivity contribution in [1.29, 1.82) is 0 Å². The number of hydrogen-bond donors (Lipinski definition) is 2. The Labute approximate surface area is 174 Å². The number of ether oxygens (including phenoxy) is 1.